The molecule has 6 heteroatoms. The number of carbonyl (C=O) groups is 1. The first-order valence-electron chi connectivity index (χ1n) is 8.57. The zero-order valence-electron chi connectivity index (χ0n) is 14.5. The molecule has 6 nitrogen and oxygen atoms in total. The fourth-order valence-corrected chi connectivity index (χ4v) is 3.37. The third kappa shape index (κ3) is 4.06. The largest absolute Gasteiger partial charge is 0.379 e. The van der Waals surface area contributed by atoms with Gasteiger partial charge in [-0.05, 0) is 19.7 Å². The lowest BCUT2D eigenvalue weighted by Crippen LogP contribution is -2.44. The first kappa shape index (κ1) is 17.2. The Morgan fingerprint density at radius 3 is 2.88 bits per heavy atom. The second-order valence-electron chi connectivity index (χ2n) is 6.78. The maximum atomic E-state index is 12.6. The van der Waals surface area contributed by atoms with Crippen LogP contribution in [0.1, 0.15) is 5.56 Å². The van der Waals surface area contributed by atoms with Crippen molar-refractivity contribution in [3.05, 3.63) is 35.9 Å². The van der Waals surface area contributed by atoms with Crippen LogP contribution in [0.15, 0.2) is 30.3 Å². The van der Waals surface area contributed by atoms with Crippen LogP contribution in [0.2, 0.25) is 0 Å². The van der Waals surface area contributed by atoms with Crippen LogP contribution in [0.4, 0.5) is 4.79 Å². The van der Waals surface area contributed by atoms with Crippen molar-refractivity contribution in [2.75, 3.05) is 47.0 Å². The van der Waals surface area contributed by atoms with Gasteiger partial charge in [0.05, 0.1) is 32.0 Å². The Morgan fingerprint density at radius 1 is 1.33 bits per heavy atom. The predicted molar refractivity (Wildman–Crippen MR) is 91.8 cm³/mol. The fourth-order valence-electron chi connectivity index (χ4n) is 3.37. The average molecular weight is 333 g/mol. The number of nitrogens with one attached hydrogen (secondary N) is 1. The van der Waals surface area contributed by atoms with Crippen molar-refractivity contribution in [1.82, 2.24) is 15.1 Å². The van der Waals surface area contributed by atoms with E-state index in [9.17, 15) is 4.79 Å². The molecule has 2 aliphatic rings. The van der Waals surface area contributed by atoms with Gasteiger partial charge in [0, 0.05) is 25.6 Å². The Morgan fingerprint density at radius 2 is 2.12 bits per heavy atom. The van der Waals surface area contributed by atoms with Gasteiger partial charge in [-0.1, -0.05) is 30.3 Å². The summed E-state index contributed by atoms with van der Waals surface area (Å²) < 4.78 is 11.6. The molecule has 0 spiro atoms. The van der Waals surface area contributed by atoms with E-state index in [1.54, 1.807) is 0 Å². The lowest BCUT2D eigenvalue weighted by Gasteiger charge is -2.23. The van der Waals surface area contributed by atoms with Crippen molar-refractivity contribution in [1.29, 1.82) is 0 Å². The van der Waals surface area contributed by atoms with Gasteiger partial charge in [0.2, 0.25) is 0 Å². The monoisotopic (exact) mass is 333 g/mol. The first-order chi connectivity index (χ1) is 11.6. The highest BCUT2D eigenvalue weighted by atomic mass is 16.5. The summed E-state index contributed by atoms with van der Waals surface area (Å²) in [5.41, 5.74) is 1.10. The maximum absolute atomic E-state index is 12.6. The standard InChI is InChI=1S/C18H27N3O3/c1-20(2)8-9-24-17-11-21(16-13-23-12-15(16)17)18(22)19-10-14-6-4-3-5-7-14/h3-7,15-17H,8-13H2,1-2H3,(H,19,22)/t15-,16+,17+/m1/s1. The normalized spacial score (nSPS) is 26.0. The Labute approximate surface area is 143 Å². The van der Waals surface area contributed by atoms with E-state index in [1.807, 2.05) is 49.3 Å². The van der Waals surface area contributed by atoms with Gasteiger partial charge in [0.15, 0.2) is 0 Å². The second kappa shape index (κ2) is 7.96. The smallest absolute Gasteiger partial charge is 0.318 e. The molecule has 2 saturated heterocycles. The lowest BCUT2D eigenvalue weighted by atomic mass is 10.0. The minimum absolute atomic E-state index is 0.0296. The van der Waals surface area contributed by atoms with Crippen LogP contribution in [0.25, 0.3) is 0 Å². The molecule has 1 N–H and O–H groups in total. The molecular weight excluding hydrogens is 306 g/mol. The van der Waals surface area contributed by atoms with Crippen molar-refractivity contribution < 1.29 is 14.3 Å². The van der Waals surface area contributed by atoms with Crippen molar-refractivity contribution in [2.24, 2.45) is 5.92 Å². The molecule has 3 rings (SSSR count). The molecule has 24 heavy (non-hydrogen) atoms. The number of likely N-dealkylation sites (tertiary alicyclic amines) is 1. The van der Waals surface area contributed by atoms with Gasteiger partial charge in [-0.2, -0.15) is 0 Å². The van der Waals surface area contributed by atoms with Gasteiger partial charge in [-0.15, -0.1) is 0 Å². The van der Waals surface area contributed by atoms with Gasteiger partial charge in [-0.25, -0.2) is 4.79 Å². The lowest BCUT2D eigenvalue weighted by molar-refractivity contribution is 0.0156. The summed E-state index contributed by atoms with van der Waals surface area (Å²) in [6.45, 7) is 4.04. The number of carbonyl (C=O) groups excluding carboxylic acids is 1. The van der Waals surface area contributed by atoms with E-state index in [1.165, 1.54) is 0 Å². The zero-order chi connectivity index (χ0) is 16.9. The van der Waals surface area contributed by atoms with Crippen LogP contribution in [0.5, 0.6) is 0 Å². The number of fused-ring (bicyclic) bond motifs is 1. The Kier molecular flexibility index (Phi) is 5.71. The topological polar surface area (TPSA) is 54.0 Å². The summed E-state index contributed by atoms with van der Waals surface area (Å²) >= 11 is 0. The highest BCUT2D eigenvalue weighted by Gasteiger charge is 2.47. The summed E-state index contributed by atoms with van der Waals surface area (Å²) in [6.07, 6.45) is 0.0694. The van der Waals surface area contributed by atoms with E-state index >= 15 is 0 Å². The fraction of sp³-hybridized carbons (Fsp3) is 0.611. The highest BCUT2D eigenvalue weighted by Crippen LogP contribution is 2.32. The SMILES string of the molecule is CN(C)CCO[C@H]1CN(C(=O)NCc2ccccc2)[C@H]2COC[C@@H]12. The summed E-state index contributed by atoms with van der Waals surface area (Å²) in [6, 6.07) is 10.1. The minimum atomic E-state index is -0.0296. The number of nitrogens with zero attached hydrogens (tertiary/aromatic N) is 2. The molecule has 0 bridgehead atoms. The van der Waals surface area contributed by atoms with E-state index in [2.05, 4.69) is 10.2 Å². The number of hydrogen-bond donors (Lipinski definition) is 1. The molecule has 0 aromatic heterocycles. The third-order valence-corrected chi connectivity index (χ3v) is 4.77. The highest BCUT2D eigenvalue weighted by molar-refractivity contribution is 5.75. The van der Waals surface area contributed by atoms with Crippen molar-refractivity contribution in [2.45, 2.75) is 18.7 Å². The van der Waals surface area contributed by atoms with Crippen LogP contribution in [-0.4, -0.2) is 75.0 Å². The van der Waals surface area contributed by atoms with Gasteiger partial charge in [-0.3, -0.25) is 0 Å². The van der Waals surface area contributed by atoms with Crippen LogP contribution in [0.3, 0.4) is 0 Å². The molecule has 2 amide bonds. The molecule has 1 aromatic carbocycles. The molecule has 2 fully saturated rings. The number of ether oxygens (including phenoxy) is 2. The number of benzene rings is 1. The summed E-state index contributed by atoms with van der Waals surface area (Å²) in [4.78, 5) is 16.6. The van der Waals surface area contributed by atoms with Gasteiger partial charge >= 0.3 is 6.03 Å². The van der Waals surface area contributed by atoms with E-state index in [0.29, 0.717) is 32.9 Å². The summed E-state index contributed by atoms with van der Waals surface area (Å²) in [7, 11) is 4.06. The summed E-state index contributed by atoms with van der Waals surface area (Å²) in [5, 5.41) is 3.02. The van der Waals surface area contributed by atoms with Gasteiger partial charge < -0.3 is 24.6 Å². The minimum Gasteiger partial charge on any atom is -0.379 e. The number of urea groups is 1. The van der Waals surface area contributed by atoms with Crippen molar-refractivity contribution in [3.63, 3.8) is 0 Å². The number of amides is 2. The van der Waals surface area contributed by atoms with Gasteiger partial charge in [0.25, 0.3) is 0 Å². The summed E-state index contributed by atoms with van der Waals surface area (Å²) in [5.74, 6) is 0.287. The van der Waals surface area contributed by atoms with E-state index < -0.39 is 0 Å². The number of hydrogen-bond acceptors (Lipinski definition) is 4. The van der Waals surface area contributed by atoms with E-state index in [0.717, 1.165) is 12.1 Å². The molecule has 2 heterocycles. The first-order valence-corrected chi connectivity index (χ1v) is 8.57. The molecule has 0 unspecified atom stereocenters. The van der Waals surface area contributed by atoms with Crippen molar-refractivity contribution >= 4 is 6.03 Å². The van der Waals surface area contributed by atoms with Crippen LogP contribution < -0.4 is 5.32 Å². The van der Waals surface area contributed by atoms with Crippen LogP contribution in [-0.2, 0) is 16.0 Å². The Hall–Kier alpha value is -1.63. The Balaban J connectivity index is 1.54. The molecule has 3 atom stereocenters. The number of likely N-dealkylation sites (N-methyl/N-ethyl adjacent to an activating group) is 1. The zero-order valence-corrected chi connectivity index (χ0v) is 14.5. The molecule has 0 saturated carbocycles. The van der Waals surface area contributed by atoms with Gasteiger partial charge in [0.1, 0.15) is 0 Å². The van der Waals surface area contributed by atoms with Crippen LogP contribution in [0, 0.1) is 5.92 Å². The molecule has 0 aliphatic carbocycles. The van der Waals surface area contributed by atoms with E-state index in [4.69, 9.17) is 9.47 Å². The Bertz CT molecular complexity index is 538. The molecule has 2 aliphatic heterocycles. The third-order valence-electron chi connectivity index (χ3n) is 4.77. The predicted octanol–water partition coefficient (Wildman–Crippen LogP) is 1.17. The van der Waals surface area contributed by atoms with Crippen LogP contribution >= 0.6 is 0 Å². The second-order valence-corrected chi connectivity index (χ2v) is 6.78. The maximum Gasteiger partial charge on any atom is 0.318 e. The molecule has 132 valence electrons. The molecule has 0 radical (unpaired) electrons. The molecular formula is C18H27N3O3. The number of rotatable bonds is 6. The van der Waals surface area contributed by atoms with E-state index in [-0.39, 0.29) is 24.1 Å². The quantitative estimate of drug-likeness (QED) is 0.849. The van der Waals surface area contributed by atoms with Crippen molar-refractivity contribution in [3.8, 4) is 0 Å². The average Bonchev–Trinajstić information content (AvgIpc) is 3.17. The molecule has 1 aromatic rings.